The molecule has 1 amide bonds. The monoisotopic (exact) mass is 719 g/mol. The van der Waals surface area contributed by atoms with Gasteiger partial charge < -0.3 is 10.4 Å². The van der Waals surface area contributed by atoms with Gasteiger partial charge in [0.05, 0.1) is 28.8 Å². The molecule has 3 aromatic carbocycles. The van der Waals surface area contributed by atoms with Gasteiger partial charge in [-0.05, 0) is 106 Å². The van der Waals surface area contributed by atoms with E-state index in [0.29, 0.717) is 16.5 Å². The summed E-state index contributed by atoms with van der Waals surface area (Å²) >= 11 is 13.3. The van der Waals surface area contributed by atoms with Crippen molar-refractivity contribution in [2.75, 3.05) is 11.1 Å². The van der Waals surface area contributed by atoms with Crippen LogP contribution in [0.4, 0.5) is 11.4 Å². The Kier molecular flexibility index (Phi) is 8.15. The van der Waals surface area contributed by atoms with Crippen LogP contribution < -0.4 is 5.32 Å². The standard InChI is InChI=1S/C23H16ClI2N3O2S2/c1-12-2-3-15(8-16(12)24)28-21(30)11-32-23-29-19-5-4-14(9-20(19)33-23)27-10-13-6-17(25)22(31)18(26)7-13/h2-10,31H,11H2,1H3,(H,28,30). The number of carbonyl (C=O) groups is 1. The van der Waals surface area contributed by atoms with Gasteiger partial charge in [-0.25, -0.2) is 4.98 Å². The van der Waals surface area contributed by atoms with Gasteiger partial charge in [-0.2, -0.15) is 0 Å². The van der Waals surface area contributed by atoms with Crippen LogP contribution in [0.3, 0.4) is 0 Å². The second kappa shape index (κ2) is 10.9. The Balaban J connectivity index is 1.41. The van der Waals surface area contributed by atoms with E-state index in [1.165, 1.54) is 23.1 Å². The lowest BCUT2D eigenvalue weighted by molar-refractivity contribution is -0.113. The quantitative estimate of drug-likeness (QED) is 0.122. The zero-order valence-electron chi connectivity index (χ0n) is 17.1. The molecule has 0 aliphatic carbocycles. The second-order valence-corrected chi connectivity index (χ2v) is 12.0. The minimum Gasteiger partial charge on any atom is -0.506 e. The normalized spacial score (nSPS) is 11.4. The molecule has 0 atom stereocenters. The predicted molar refractivity (Wildman–Crippen MR) is 156 cm³/mol. The number of aromatic hydroxyl groups is 1. The first-order valence-electron chi connectivity index (χ1n) is 9.60. The van der Waals surface area contributed by atoms with E-state index in [1.54, 1.807) is 12.3 Å². The Morgan fingerprint density at radius 3 is 2.70 bits per heavy atom. The summed E-state index contributed by atoms with van der Waals surface area (Å²) < 4.78 is 3.41. The van der Waals surface area contributed by atoms with Crippen molar-refractivity contribution in [1.29, 1.82) is 0 Å². The number of aliphatic imine (C=N–C) groups is 1. The van der Waals surface area contributed by atoms with Crippen LogP contribution in [0.5, 0.6) is 5.75 Å². The number of thiazole rings is 1. The molecule has 0 bridgehead atoms. The number of anilines is 1. The van der Waals surface area contributed by atoms with E-state index in [2.05, 4.69) is 60.5 Å². The van der Waals surface area contributed by atoms with Gasteiger partial charge >= 0.3 is 0 Å². The van der Waals surface area contributed by atoms with E-state index in [0.717, 1.165) is 38.5 Å². The summed E-state index contributed by atoms with van der Waals surface area (Å²) in [5.74, 6) is 0.442. The summed E-state index contributed by atoms with van der Waals surface area (Å²) in [6, 6.07) is 15.1. The topological polar surface area (TPSA) is 74.6 Å². The first-order valence-corrected chi connectivity index (χ1v) is 13.9. The smallest absolute Gasteiger partial charge is 0.234 e. The maximum atomic E-state index is 12.3. The zero-order chi connectivity index (χ0) is 23.5. The molecule has 0 spiro atoms. The van der Waals surface area contributed by atoms with Crippen LogP contribution in [0.2, 0.25) is 5.02 Å². The molecule has 2 N–H and O–H groups in total. The highest BCUT2D eigenvalue weighted by atomic mass is 127. The van der Waals surface area contributed by atoms with E-state index >= 15 is 0 Å². The molecular weight excluding hydrogens is 704 g/mol. The van der Waals surface area contributed by atoms with Gasteiger partial charge in [0.2, 0.25) is 5.91 Å². The molecule has 168 valence electrons. The predicted octanol–water partition coefficient (Wildman–Crippen LogP) is 7.65. The maximum Gasteiger partial charge on any atom is 0.234 e. The van der Waals surface area contributed by atoms with Crippen molar-refractivity contribution in [1.82, 2.24) is 4.98 Å². The molecule has 0 unspecified atom stereocenters. The zero-order valence-corrected chi connectivity index (χ0v) is 23.8. The Hall–Kier alpha value is -1.41. The number of phenols is 1. The molecule has 0 aliphatic rings. The van der Waals surface area contributed by atoms with E-state index in [-0.39, 0.29) is 11.7 Å². The van der Waals surface area contributed by atoms with Crippen LogP contribution in [0.1, 0.15) is 11.1 Å². The minimum absolute atomic E-state index is 0.109. The number of benzene rings is 3. The first-order chi connectivity index (χ1) is 15.8. The van der Waals surface area contributed by atoms with Crippen LogP contribution in [0, 0.1) is 14.1 Å². The number of halogens is 3. The van der Waals surface area contributed by atoms with Crippen molar-refractivity contribution in [3.05, 3.63) is 71.8 Å². The van der Waals surface area contributed by atoms with E-state index in [1.807, 2.05) is 49.4 Å². The van der Waals surface area contributed by atoms with Gasteiger partial charge in [-0.1, -0.05) is 29.4 Å². The average molecular weight is 720 g/mol. The minimum atomic E-state index is -0.109. The summed E-state index contributed by atoms with van der Waals surface area (Å²) in [4.78, 5) is 21.5. The fourth-order valence-corrected chi connectivity index (χ4v) is 6.74. The molecule has 0 saturated carbocycles. The third-order valence-electron chi connectivity index (χ3n) is 4.54. The van der Waals surface area contributed by atoms with E-state index in [9.17, 15) is 9.90 Å². The van der Waals surface area contributed by atoms with Gasteiger partial charge in [-0.15, -0.1) is 11.3 Å². The van der Waals surface area contributed by atoms with Crippen molar-refractivity contribution in [3.63, 3.8) is 0 Å². The van der Waals surface area contributed by atoms with Crippen LogP contribution in [0.15, 0.2) is 57.9 Å². The number of nitrogens with one attached hydrogen (secondary N) is 1. The number of fused-ring (bicyclic) bond motifs is 1. The van der Waals surface area contributed by atoms with Gasteiger partial charge in [0.1, 0.15) is 5.75 Å². The Bertz CT molecular complexity index is 1370. The second-order valence-electron chi connectivity index (χ2n) is 7.02. The molecule has 10 heteroatoms. The molecule has 5 nitrogen and oxygen atoms in total. The number of aryl methyl sites for hydroxylation is 1. The van der Waals surface area contributed by atoms with Crippen molar-refractivity contribution in [2.24, 2.45) is 4.99 Å². The van der Waals surface area contributed by atoms with Crippen molar-refractivity contribution < 1.29 is 9.90 Å². The Morgan fingerprint density at radius 2 is 1.97 bits per heavy atom. The fourth-order valence-electron chi connectivity index (χ4n) is 2.84. The molecule has 0 radical (unpaired) electrons. The van der Waals surface area contributed by atoms with Crippen LogP contribution >= 0.6 is 79.9 Å². The number of nitrogens with zero attached hydrogens (tertiary/aromatic N) is 2. The molecule has 33 heavy (non-hydrogen) atoms. The third kappa shape index (κ3) is 6.38. The lowest BCUT2D eigenvalue weighted by atomic mass is 10.2. The summed E-state index contributed by atoms with van der Waals surface area (Å²) in [5, 5.41) is 13.4. The number of carbonyl (C=O) groups excluding carboxylic acids is 1. The molecular formula is C23H16ClI2N3O2S2. The van der Waals surface area contributed by atoms with Crippen LogP contribution in [0.25, 0.3) is 10.2 Å². The van der Waals surface area contributed by atoms with Gasteiger partial charge in [0.15, 0.2) is 4.34 Å². The third-order valence-corrected chi connectivity index (χ3v) is 8.75. The SMILES string of the molecule is Cc1ccc(NC(=O)CSc2nc3ccc(N=Cc4cc(I)c(O)c(I)c4)cc3s2)cc1Cl. The molecule has 4 aromatic rings. The Labute approximate surface area is 231 Å². The number of rotatable bonds is 6. The summed E-state index contributed by atoms with van der Waals surface area (Å²) in [6.07, 6.45) is 1.78. The van der Waals surface area contributed by atoms with E-state index in [4.69, 9.17) is 11.6 Å². The molecule has 1 aromatic heterocycles. The molecule has 0 fully saturated rings. The molecule has 0 aliphatic heterocycles. The van der Waals surface area contributed by atoms with Crippen LogP contribution in [-0.2, 0) is 4.79 Å². The highest BCUT2D eigenvalue weighted by Gasteiger charge is 2.10. The number of amides is 1. The summed E-state index contributed by atoms with van der Waals surface area (Å²) in [7, 11) is 0. The van der Waals surface area contributed by atoms with Gasteiger partial charge in [-0.3, -0.25) is 9.79 Å². The van der Waals surface area contributed by atoms with Gasteiger partial charge in [0, 0.05) is 16.9 Å². The maximum absolute atomic E-state index is 12.3. The Morgan fingerprint density at radius 1 is 1.21 bits per heavy atom. The molecule has 4 rings (SSSR count). The molecule has 0 saturated heterocycles. The highest BCUT2D eigenvalue weighted by Crippen LogP contribution is 2.32. The van der Waals surface area contributed by atoms with Crippen molar-refractivity contribution in [2.45, 2.75) is 11.3 Å². The fraction of sp³-hybridized carbons (Fsp3) is 0.0870. The summed E-state index contributed by atoms with van der Waals surface area (Å²) in [6.45, 7) is 1.92. The lowest BCUT2D eigenvalue weighted by Crippen LogP contribution is -2.13. The van der Waals surface area contributed by atoms with E-state index < -0.39 is 0 Å². The van der Waals surface area contributed by atoms with Crippen molar-refractivity contribution >= 4 is 114 Å². The largest absolute Gasteiger partial charge is 0.506 e. The summed E-state index contributed by atoms with van der Waals surface area (Å²) in [5.41, 5.74) is 4.26. The van der Waals surface area contributed by atoms with Crippen LogP contribution in [-0.4, -0.2) is 28.0 Å². The number of aromatic nitrogens is 1. The van der Waals surface area contributed by atoms with Crippen molar-refractivity contribution in [3.8, 4) is 5.75 Å². The number of hydrogen-bond donors (Lipinski definition) is 2. The number of hydrogen-bond acceptors (Lipinski definition) is 6. The molecule has 1 heterocycles. The number of phenolic OH excluding ortho intramolecular Hbond substituents is 1. The lowest BCUT2D eigenvalue weighted by Gasteiger charge is -2.06. The first kappa shape index (κ1) is 24.7. The highest BCUT2D eigenvalue weighted by molar-refractivity contribution is 14.1. The average Bonchev–Trinajstić information content (AvgIpc) is 3.19. The van der Waals surface area contributed by atoms with Gasteiger partial charge in [0.25, 0.3) is 0 Å². The number of thioether (sulfide) groups is 1.